The summed E-state index contributed by atoms with van der Waals surface area (Å²) in [6.07, 6.45) is 2.33. The van der Waals surface area contributed by atoms with Gasteiger partial charge in [-0.2, -0.15) is 0 Å². The molecule has 0 saturated carbocycles. The number of aryl methyl sites for hydroxylation is 1. The Morgan fingerprint density at radius 1 is 1.26 bits per heavy atom. The molecule has 0 aliphatic carbocycles. The van der Waals surface area contributed by atoms with Crippen LogP contribution < -0.4 is 5.32 Å². The van der Waals surface area contributed by atoms with Gasteiger partial charge in [0.15, 0.2) is 6.61 Å². The van der Waals surface area contributed by atoms with Crippen LogP contribution in [0.5, 0.6) is 0 Å². The Labute approximate surface area is 159 Å². The van der Waals surface area contributed by atoms with Crippen LogP contribution in [-0.2, 0) is 16.0 Å². The van der Waals surface area contributed by atoms with E-state index in [-0.39, 0.29) is 18.5 Å². The molecule has 1 saturated heterocycles. The molecule has 1 aliphatic heterocycles. The zero-order valence-corrected chi connectivity index (χ0v) is 16.1. The number of para-hydroxylation sites is 1. The average Bonchev–Trinajstić information content (AvgIpc) is 3.29. The molecular weight excluding hydrogens is 344 g/mol. The number of carbonyl (C=O) groups excluding carboxylic acids is 2. The van der Waals surface area contributed by atoms with Crippen molar-refractivity contribution < 1.29 is 19.1 Å². The molecule has 144 valence electrons. The predicted molar refractivity (Wildman–Crippen MR) is 103 cm³/mol. The van der Waals surface area contributed by atoms with Gasteiger partial charge < -0.3 is 19.4 Å². The van der Waals surface area contributed by atoms with Gasteiger partial charge in [0.25, 0.3) is 0 Å². The van der Waals surface area contributed by atoms with Gasteiger partial charge in [0.05, 0.1) is 11.7 Å². The molecule has 1 N–H and O–H groups in total. The van der Waals surface area contributed by atoms with E-state index in [1.807, 2.05) is 26.0 Å². The third kappa shape index (κ3) is 4.22. The number of Topliss-reactive ketones (excluding diaryl/α,β-unsaturated/α-hetero) is 1. The number of hydrogen-bond donors (Lipinski definition) is 1. The third-order valence-electron chi connectivity index (χ3n) is 5.03. The van der Waals surface area contributed by atoms with Crippen LogP contribution in [0.2, 0.25) is 0 Å². The molecule has 6 nitrogen and oxygen atoms in total. The van der Waals surface area contributed by atoms with Crippen LogP contribution in [0.25, 0.3) is 0 Å². The summed E-state index contributed by atoms with van der Waals surface area (Å²) in [7, 11) is 1.74. The van der Waals surface area contributed by atoms with Gasteiger partial charge in [-0.3, -0.25) is 4.79 Å². The highest BCUT2D eigenvalue weighted by Crippen LogP contribution is 2.21. The number of ketones is 1. The number of anilines is 1. The molecule has 1 aromatic heterocycles. The second kappa shape index (κ2) is 8.39. The lowest BCUT2D eigenvalue weighted by atomic mass is 10.1. The minimum absolute atomic E-state index is 0.197. The summed E-state index contributed by atoms with van der Waals surface area (Å²) in [6.45, 7) is 5.18. The average molecular weight is 370 g/mol. The molecule has 0 unspecified atom stereocenters. The smallest absolute Gasteiger partial charge is 0.340 e. The highest BCUT2D eigenvalue weighted by Gasteiger charge is 2.22. The van der Waals surface area contributed by atoms with Crippen molar-refractivity contribution in [2.24, 2.45) is 0 Å². The molecule has 6 heteroatoms. The van der Waals surface area contributed by atoms with E-state index in [0.717, 1.165) is 37.4 Å². The van der Waals surface area contributed by atoms with Crippen molar-refractivity contribution in [1.29, 1.82) is 0 Å². The number of aromatic nitrogens is 1. The zero-order chi connectivity index (χ0) is 19.4. The largest absolute Gasteiger partial charge is 0.454 e. The quantitative estimate of drug-likeness (QED) is 0.598. The molecule has 1 aromatic carbocycles. The van der Waals surface area contributed by atoms with Crippen molar-refractivity contribution in [3.63, 3.8) is 0 Å². The maximum atomic E-state index is 12.6. The van der Waals surface area contributed by atoms with E-state index in [1.54, 1.807) is 25.2 Å². The molecule has 1 fully saturated rings. The first-order valence-electron chi connectivity index (χ1n) is 9.26. The van der Waals surface area contributed by atoms with Crippen molar-refractivity contribution in [3.8, 4) is 0 Å². The second-order valence-corrected chi connectivity index (χ2v) is 6.83. The summed E-state index contributed by atoms with van der Waals surface area (Å²) in [4.78, 5) is 24.9. The fourth-order valence-electron chi connectivity index (χ4n) is 3.52. The summed E-state index contributed by atoms with van der Waals surface area (Å²) in [5.41, 5.74) is 3.58. The van der Waals surface area contributed by atoms with Crippen LogP contribution in [-0.4, -0.2) is 42.7 Å². The fraction of sp³-hybridized carbons (Fsp3) is 0.429. The molecule has 0 amide bonds. The van der Waals surface area contributed by atoms with Gasteiger partial charge in [0.1, 0.15) is 0 Å². The Morgan fingerprint density at radius 2 is 2.04 bits per heavy atom. The van der Waals surface area contributed by atoms with Crippen molar-refractivity contribution in [1.82, 2.24) is 4.57 Å². The second-order valence-electron chi connectivity index (χ2n) is 6.83. The molecular formula is C21H26N2O4. The summed E-state index contributed by atoms with van der Waals surface area (Å²) >= 11 is 0. The Morgan fingerprint density at radius 3 is 2.74 bits per heavy atom. The standard InChI is InChI=1S/C21H26N2O4/c1-14-11-18(15(2)23(14)12-16-7-6-10-26-16)20(24)13-27-21(25)17-8-4-5-9-19(17)22-3/h4-5,8-9,11,16,22H,6-7,10,12-13H2,1-3H3/t16-/m1/s1. The van der Waals surface area contributed by atoms with Crippen LogP contribution in [0.4, 0.5) is 5.69 Å². The molecule has 3 rings (SSSR count). The van der Waals surface area contributed by atoms with Crippen molar-refractivity contribution in [2.45, 2.75) is 39.3 Å². The maximum Gasteiger partial charge on any atom is 0.340 e. The lowest BCUT2D eigenvalue weighted by Gasteiger charge is -2.14. The number of esters is 1. The first-order chi connectivity index (χ1) is 13.0. The van der Waals surface area contributed by atoms with Gasteiger partial charge in [0.2, 0.25) is 5.78 Å². The minimum atomic E-state index is -0.513. The Kier molecular flexibility index (Phi) is 5.96. The van der Waals surface area contributed by atoms with Crippen molar-refractivity contribution in [2.75, 3.05) is 25.6 Å². The minimum Gasteiger partial charge on any atom is -0.454 e. The van der Waals surface area contributed by atoms with E-state index in [2.05, 4.69) is 9.88 Å². The summed E-state index contributed by atoms with van der Waals surface area (Å²) < 4.78 is 13.1. The number of nitrogens with one attached hydrogen (secondary N) is 1. The highest BCUT2D eigenvalue weighted by atomic mass is 16.5. The highest BCUT2D eigenvalue weighted by molar-refractivity contribution is 6.01. The van der Waals surface area contributed by atoms with Gasteiger partial charge in [-0.15, -0.1) is 0 Å². The van der Waals surface area contributed by atoms with E-state index in [9.17, 15) is 9.59 Å². The van der Waals surface area contributed by atoms with Crippen LogP contribution in [0, 0.1) is 13.8 Å². The molecule has 1 aliphatic rings. The molecule has 0 bridgehead atoms. The first kappa shape index (κ1) is 19.2. The Balaban J connectivity index is 1.66. The number of nitrogens with zero attached hydrogens (tertiary/aromatic N) is 1. The number of benzene rings is 1. The molecule has 27 heavy (non-hydrogen) atoms. The lowest BCUT2D eigenvalue weighted by Crippen LogP contribution is -2.18. The molecule has 2 heterocycles. The van der Waals surface area contributed by atoms with Crippen LogP contribution in [0.1, 0.15) is 44.9 Å². The number of ether oxygens (including phenoxy) is 2. The van der Waals surface area contributed by atoms with Gasteiger partial charge in [0, 0.05) is 42.8 Å². The predicted octanol–water partition coefficient (Wildman–Crippen LogP) is 3.37. The number of hydrogen-bond acceptors (Lipinski definition) is 5. The SMILES string of the molecule is CNc1ccccc1C(=O)OCC(=O)c1cc(C)n(C[C@H]2CCCO2)c1C. The van der Waals surface area contributed by atoms with Crippen LogP contribution in [0.15, 0.2) is 30.3 Å². The van der Waals surface area contributed by atoms with Gasteiger partial charge in [-0.1, -0.05) is 12.1 Å². The van der Waals surface area contributed by atoms with Gasteiger partial charge in [-0.05, 0) is 44.9 Å². The molecule has 1 atom stereocenters. The number of carbonyl (C=O) groups is 2. The lowest BCUT2D eigenvalue weighted by molar-refractivity contribution is 0.0475. The zero-order valence-electron chi connectivity index (χ0n) is 16.1. The van der Waals surface area contributed by atoms with Crippen LogP contribution >= 0.6 is 0 Å². The van der Waals surface area contributed by atoms with Gasteiger partial charge >= 0.3 is 5.97 Å². The molecule has 0 radical (unpaired) electrons. The van der Waals surface area contributed by atoms with Gasteiger partial charge in [-0.25, -0.2) is 4.79 Å². The summed E-state index contributed by atoms with van der Waals surface area (Å²) in [5, 5.41) is 2.95. The summed E-state index contributed by atoms with van der Waals surface area (Å²) in [6, 6.07) is 8.92. The normalized spacial score (nSPS) is 16.3. The molecule has 2 aromatic rings. The topological polar surface area (TPSA) is 69.6 Å². The third-order valence-corrected chi connectivity index (χ3v) is 5.03. The van der Waals surface area contributed by atoms with Crippen molar-refractivity contribution >= 4 is 17.4 Å². The monoisotopic (exact) mass is 370 g/mol. The molecule has 0 spiro atoms. The van der Waals surface area contributed by atoms with E-state index in [4.69, 9.17) is 9.47 Å². The first-order valence-corrected chi connectivity index (χ1v) is 9.26. The fourth-order valence-corrected chi connectivity index (χ4v) is 3.52. The number of rotatable bonds is 7. The maximum absolute atomic E-state index is 12.6. The van der Waals surface area contributed by atoms with E-state index >= 15 is 0 Å². The van der Waals surface area contributed by atoms with Crippen LogP contribution in [0.3, 0.4) is 0 Å². The Hall–Kier alpha value is -2.60. The van der Waals surface area contributed by atoms with E-state index in [1.165, 1.54) is 0 Å². The van der Waals surface area contributed by atoms with E-state index < -0.39 is 5.97 Å². The van der Waals surface area contributed by atoms with Crippen molar-refractivity contribution in [3.05, 3.63) is 52.8 Å². The van der Waals surface area contributed by atoms with E-state index in [0.29, 0.717) is 16.8 Å². The summed E-state index contributed by atoms with van der Waals surface area (Å²) in [5.74, 6) is -0.710. The Bertz CT molecular complexity index is 835.